The molecule has 0 aliphatic heterocycles. The Morgan fingerprint density at radius 2 is 1.88 bits per heavy atom. The summed E-state index contributed by atoms with van der Waals surface area (Å²) in [5.41, 5.74) is 6.43. The van der Waals surface area contributed by atoms with Gasteiger partial charge in [-0.05, 0) is 40.6 Å². The lowest BCUT2D eigenvalue weighted by atomic mass is 10.2. The van der Waals surface area contributed by atoms with E-state index in [1.54, 1.807) is 24.3 Å². The van der Waals surface area contributed by atoms with Crippen molar-refractivity contribution in [1.82, 2.24) is 20.6 Å². The minimum absolute atomic E-state index is 0.0662. The number of nitrogens with one attached hydrogen (secondary N) is 1. The average molecular weight is 437 g/mol. The number of nitrogens with two attached hydrogens (primary N) is 1. The molecule has 162 valence electrons. The van der Waals surface area contributed by atoms with Gasteiger partial charge in [-0.25, -0.2) is 14.0 Å². The molecule has 0 aliphatic carbocycles. The highest BCUT2D eigenvalue weighted by Crippen LogP contribution is 2.25. The fourth-order valence-electron chi connectivity index (χ4n) is 2.77. The molecule has 10 nitrogen and oxygen atoms in total. The molecule has 0 unspecified atom stereocenters. The highest BCUT2D eigenvalue weighted by molar-refractivity contribution is 5.96. The van der Waals surface area contributed by atoms with Crippen molar-refractivity contribution in [2.24, 2.45) is 5.73 Å². The summed E-state index contributed by atoms with van der Waals surface area (Å²) in [6.45, 7) is -0.453. The van der Waals surface area contributed by atoms with Crippen LogP contribution in [0.15, 0.2) is 59.4 Å². The quantitative estimate of drug-likeness (QED) is 0.428. The summed E-state index contributed by atoms with van der Waals surface area (Å²) in [6.07, 6.45) is 1.48. The summed E-state index contributed by atoms with van der Waals surface area (Å²) in [6, 6.07) is 12.0. The summed E-state index contributed by atoms with van der Waals surface area (Å²) in [5.74, 6) is -1.18. The Kier molecular flexibility index (Phi) is 5.88. The van der Waals surface area contributed by atoms with Crippen LogP contribution in [0, 0.1) is 5.82 Å². The second-order valence-electron chi connectivity index (χ2n) is 6.56. The molecule has 2 aromatic carbocycles. The summed E-state index contributed by atoms with van der Waals surface area (Å²) < 4.78 is 29.7. The molecule has 0 fully saturated rings. The zero-order valence-corrected chi connectivity index (χ0v) is 16.4. The fraction of sp³-hybridized carbons (Fsp3) is 0.0952. The normalized spacial score (nSPS) is 10.7. The van der Waals surface area contributed by atoms with Gasteiger partial charge in [-0.1, -0.05) is 6.07 Å². The third-order valence-electron chi connectivity index (χ3n) is 4.30. The van der Waals surface area contributed by atoms with Gasteiger partial charge in [-0.2, -0.15) is 0 Å². The maximum Gasteiger partial charge on any atom is 0.257 e. The van der Waals surface area contributed by atoms with E-state index >= 15 is 0 Å². The summed E-state index contributed by atoms with van der Waals surface area (Å²) in [4.78, 5) is 27.6. The zero-order valence-electron chi connectivity index (χ0n) is 16.4. The number of hydrogen-bond acceptors (Lipinski definition) is 8. The van der Waals surface area contributed by atoms with Crippen molar-refractivity contribution in [3.63, 3.8) is 0 Å². The first-order valence-corrected chi connectivity index (χ1v) is 9.32. The maximum absolute atomic E-state index is 14.3. The number of fused-ring (bicyclic) bond motifs is 1. The van der Waals surface area contributed by atoms with E-state index in [-0.39, 0.29) is 35.9 Å². The first-order chi connectivity index (χ1) is 15.5. The van der Waals surface area contributed by atoms with Crippen LogP contribution in [-0.4, -0.2) is 33.7 Å². The van der Waals surface area contributed by atoms with Crippen LogP contribution >= 0.6 is 0 Å². The van der Waals surface area contributed by atoms with Crippen LogP contribution in [0.2, 0.25) is 0 Å². The Bertz CT molecular complexity index is 1290. The molecular weight excluding hydrogens is 421 g/mol. The zero-order chi connectivity index (χ0) is 22.5. The number of hydrogen-bond donors (Lipinski definition) is 2. The van der Waals surface area contributed by atoms with Crippen LogP contribution in [0.4, 0.5) is 4.39 Å². The number of ether oxygens (including phenoxy) is 2. The van der Waals surface area contributed by atoms with Crippen molar-refractivity contribution < 1.29 is 28.1 Å². The summed E-state index contributed by atoms with van der Waals surface area (Å²) >= 11 is 0. The number of benzene rings is 2. The monoisotopic (exact) mass is 437 g/mol. The molecular formula is C21H16FN5O5. The van der Waals surface area contributed by atoms with Crippen LogP contribution in [-0.2, 0) is 11.3 Å². The van der Waals surface area contributed by atoms with Gasteiger partial charge in [0.2, 0.25) is 5.88 Å². The van der Waals surface area contributed by atoms with Gasteiger partial charge >= 0.3 is 0 Å². The van der Waals surface area contributed by atoms with Gasteiger partial charge in [0, 0.05) is 30.4 Å². The molecule has 0 atom stereocenters. The van der Waals surface area contributed by atoms with Crippen molar-refractivity contribution in [2.45, 2.75) is 6.54 Å². The largest absolute Gasteiger partial charge is 0.484 e. The van der Waals surface area contributed by atoms with Crippen molar-refractivity contribution in [3.8, 4) is 17.4 Å². The van der Waals surface area contributed by atoms with E-state index in [0.717, 1.165) is 6.07 Å². The van der Waals surface area contributed by atoms with Crippen LogP contribution in [0.5, 0.6) is 17.4 Å². The lowest BCUT2D eigenvalue weighted by Crippen LogP contribution is -2.24. The third kappa shape index (κ3) is 4.78. The first-order valence-electron chi connectivity index (χ1n) is 9.32. The van der Waals surface area contributed by atoms with Crippen molar-refractivity contribution in [2.75, 3.05) is 6.61 Å². The van der Waals surface area contributed by atoms with Crippen LogP contribution < -0.4 is 20.5 Å². The van der Waals surface area contributed by atoms with Gasteiger partial charge in [0.1, 0.15) is 33.9 Å². The SMILES string of the molecule is NC(=O)COc1ccc(CNC(=O)c2cccnc2Oc2ccc3nonc3c2)c(F)c1. The minimum Gasteiger partial charge on any atom is -0.484 e. The van der Waals surface area contributed by atoms with E-state index in [2.05, 4.69) is 25.2 Å². The van der Waals surface area contributed by atoms with Gasteiger partial charge < -0.3 is 20.5 Å². The predicted octanol–water partition coefficient (Wildman–Crippen LogP) is 2.34. The number of halogens is 1. The number of carbonyl (C=O) groups excluding carboxylic acids is 2. The van der Waals surface area contributed by atoms with Crippen molar-refractivity contribution >= 4 is 22.8 Å². The second kappa shape index (κ2) is 9.08. The van der Waals surface area contributed by atoms with E-state index in [9.17, 15) is 14.0 Å². The highest BCUT2D eigenvalue weighted by atomic mass is 19.1. The average Bonchev–Trinajstić information content (AvgIpc) is 3.25. The standard InChI is InChI=1S/C21H16FN5O5/c22-16-8-13(30-11-19(23)28)4-3-12(16)10-25-20(29)15-2-1-7-24-21(15)31-14-5-6-17-18(9-14)27-32-26-17/h1-9H,10-11H2,(H2,23,28)(H,25,29). The number of nitrogens with zero attached hydrogens (tertiary/aromatic N) is 3. The predicted molar refractivity (Wildman–Crippen MR) is 108 cm³/mol. The summed E-state index contributed by atoms with van der Waals surface area (Å²) in [7, 11) is 0. The van der Waals surface area contributed by atoms with E-state index in [0.29, 0.717) is 16.8 Å². The van der Waals surface area contributed by atoms with E-state index < -0.39 is 17.6 Å². The number of amides is 2. The van der Waals surface area contributed by atoms with Gasteiger partial charge in [-0.3, -0.25) is 9.59 Å². The Morgan fingerprint density at radius 3 is 2.69 bits per heavy atom. The molecule has 0 saturated heterocycles. The smallest absolute Gasteiger partial charge is 0.257 e. The third-order valence-corrected chi connectivity index (χ3v) is 4.30. The minimum atomic E-state index is -0.672. The van der Waals surface area contributed by atoms with Gasteiger partial charge in [0.15, 0.2) is 6.61 Å². The molecule has 2 amide bonds. The lowest BCUT2D eigenvalue weighted by molar-refractivity contribution is -0.119. The number of carbonyl (C=O) groups is 2. The number of pyridine rings is 1. The molecule has 0 bridgehead atoms. The maximum atomic E-state index is 14.3. The highest BCUT2D eigenvalue weighted by Gasteiger charge is 2.16. The molecule has 0 aliphatic rings. The molecule has 2 aromatic heterocycles. The Balaban J connectivity index is 1.44. The van der Waals surface area contributed by atoms with E-state index in [1.165, 1.54) is 24.4 Å². The molecule has 2 heterocycles. The Hall–Kier alpha value is -4.54. The van der Waals surface area contributed by atoms with Gasteiger partial charge in [-0.15, -0.1) is 0 Å². The van der Waals surface area contributed by atoms with E-state index in [4.69, 9.17) is 15.2 Å². The van der Waals surface area contributed by atoms with E-state index in [1.807, 2.05) is 0 Å². The first kappa shape index (κ1) is 20.7. The molecule has 0 saturated carbocycles. The second-order valence-corrected chi connectivity index (χ2v) is 6.56. The summed E-state index contributed by atoms with van der Waals surface area (Å²) in [5, 5.41) is 10.1. The molecule has 0 radical (unpaired) electrons. The Labute approximate surface area is 180 Å². The molecule has 4 rings (SSSR count). The van der Waals surface area contributed by atoms with Gasteiger partial charge in [0.05, 0.1) is 0 Å². The molecule has 32 heavy (non-hydrogen) atoms. The van der Waals surface area contributed by atoms with Gasteiger partial charge in [0.25, 0.3) is 11.8 Å². The lowest BCUT2D eigenvalue weighted by Gasteiger charge is -2.11. The topological polar surface area (TPSA) is 142 Å². The molecule has 4 aromatic rings. The number of rotatable bonds is 8. The van der Waals surface area contributed by atoms with Crippen LogP contribution in [0.1, 0.15) is 15.9 Å². The van der Waals surface area contributed by atoms with Crippen LogP contribution in [0.25, 0.3) is 11.0 Å². The Morgan fingerprint density at radius 1 is 1.06 bits per heavy atom. The number of primary amides is 1. The van der Waals surface area contributed by atoms with Crippen molar-refractivity contribution in [1.29, 1.82) is 0 Å². The molecule has 3 N–H and O–H groups in total. The number of aromatic nitrogens is 3. The molecule has 0 spiro atoms. The molecule has 11 heteroatoms. The van der Waals surface area contributed by atoms with Crippen LogP contribution in [0.3, 0.4) is 0 Å². The fourth-order valence-corrected chi connectivity index (χ4v) is 2.77. The van der Waals surface area contributed by atoms with Crippen molar-refractivity contribution in [3.05, 3.63) is 71.7 Å².